The van der Waals surface area contributed by atoms with E-state index in [1.54, 1.807) is 44.6 Å². The van der Waals surface area contributed by atoms with Crippen LogP contribution >= 0.6 is 23.4 Å². The fourth-order valence-electron chi connectivity index (χ4n) is 3.65. The number of hydrogen-bond donors (Lipinski definition) is 1. The summed E-state index contributed by atoms with van der Waals surface area (Å²) in [4.78, 5) is 12.2. The quantitative estimate of drug-likeness (QED) is 0.168. The fraction of sp³-hybridized carbons (Fsp3) is 0.179. The van der Waals surface area contributed by atoms with Crippen molar-refractivity contribution in [2.24, 2.45) is 0 Å². The molecule has 1 N–H and O–H groups in total. The number of carboxylic acid groups (broad SMARTS) is 1. The number of carboxylic acids is 1. The molecular weight excluding hydrogens is 526 g/mol. The molecule has 0 bridgehead atoms. The first-order valence-electron chi connectivity index (χ1n) is 11.7. The second kappa shape index (κ2) is 12.5. The van der Waals surface area contributed by atoms with Gasteiger partial charge in [0.05, 0.1) is 14.2 Å². The Hall–Kier alpha value is -3.95. The minimum atomic E-state index is -1.08. The van der Waals surface area contributed by atoms with Gasteiger partial charge in [-0.2, -0.15) is 0 Å². The van der Waals surface area contributed by atoms with E-state index in [2.05, 4.69) is 10.2 Å². The molecule has 10 heteroatoms. The Bertz CT molecular complexity index is 1450. The summed E-state index contributed by atoms with van der Waals surface area (Å²) in [6.45, 7) is 2.77. The van der Waals surface area contributed by atoms with Crippen molar-refractivity contribution in [2.45, 2.75) is 25.2 Å². The van der Waals surface area contributed by atoms with Crippen molar-refractivity contribution in [3.8, 4) is 28.6 Å². The van der Waals surface area contributed by atoms with E-state index in [9.17, 15) is 9.90 Å². The van der Waals surface area contributed by atoms with Crippen molar-refractivity contribution in [1.29, 1.82) is 0 Å². The Balaban J connectivity index is 1.59. The highest BCUT2D eigenvalue weighted by atomic mass is 35.5. The van der Waals surface area contributed by atoms with Crippen LogP contribution in [-0.2, 0) is 17.9 Å². The van der Waals surface area contributed by atoms with Crippen LogP contribution in [0.25, 0.3) is 17.5 Å². The molecular formula is C28H26ClN3O5S. The number of rotatable bonds is 11. The molecule has 0 fully saturated rings. The van der Waals surface area contributed by atoms with Crippen LogP contribution < -0.4 is 14.2 Å². The number of methoxy groups -OCH3 is 2. The molecule has 8 nitrogen and oxygen atoms in total. The van der Waals surface area contributed by atoms with Crippen molar-refractivity contribution in [3.05, 3.63) is 87.8 Å². The van der Waals surface area contributed by atoms with Gasteiger partial charge in [-0.05, 0) is 60.7 Å². The normalized spacial score (nSPS) is 11.3. The SMILES string of the molecule is CCn1c(S/C(=C\c2cccc(OCc3ccccc3Cl)c2)C(=O)O)nnc1-c1cc(OC)cc(OC)c1. The van der Waals surface area contributed by atoms with Gasteiger partial charge in [-0.3, -0.25) is 0 Å². The zero-order valence-corrected chi connectivity index (χ0v) is 22.6. The smallest absolute Gasteiger partial charge is 0.342 e. The Morgan fingerprint density at radius 2 is 1.74 bits per heavy atom. The molecule has 3 aromatic carbocycles. The summed E-state index contributed by atoms with van der Waals surface area (Å²) >= 11 is 7.24. The minimum Gasteiger partial charge on any atom is -0.497 e. The summed E-state index contributed by atoms with van der Waals surface area (Å²) in [7, 11) is 3.15. The van der Waals surface area contributed by atoms with Gasteiger partial charge in [0, 0.05) is 28.8 Å². The van der Waals surface area contributed by atoms with Crippen molar-refractivity contribution in [2.75, 3.05) is 14.2 Å². The lowest BCUT2D eigenvalue weighted by molar-refractivity contribution is -0.131. The van der Waals surface area contributed by atoms with E-state index in [0.717, 1.165) is 22.9 Å². The van der Waals surface area contributed by atoms with Crippen LogP contribution in [-0.4, -0.2) is 40.1 Å². The molecule has 4 rings (SSSR count). The number of benzene rings is 3. The summed E-state index contributed by atoms with van der Waals surface area (Å²) in [5.74, 6) is 1.32. The first-order valence-corrected chi connectivity index (χ1v) is 12.9. The van der Waals surface area contributed by atoms with E-state index in [1.807, 2.05) is 54.0 Å². The fourth-order valence-corrected chi connectivity index (χ4v) is 4.73. The highest BCUT2D eigenvalue weighted by Crippen LogP contribution is 2.33. The molecule has 0 radical (unpaired) electrons. The summed E-state index contributed by atoms with van der Waals surface area (Å²) < 4.78 is 18.5. The predicted molar refractivity (Wildman–Crippen MR) is 148 cm³/mol. The van der Waals surface area contributed by atoms with Crippen molar-refractivity contribution in [3.63, 3.8) is 0 Å². The Kier molecular flexibility index (Phi) is 8.93. The summed E-state index contributed by atoms with van der Waals surface area (Å²) in [5.41, 5.74) is 2.28. The third-order valence-corrected chi connectivity index (χ3v) is 6.93. The number of thioether (sulfide) groups is 1. The number of halogens is 1. The molecule has 0 spiro atoms. The maximum atomic E-state index is 12.2. The number of carbonyl (C=O) groups is 1. The van der Waals surface area contributed by atoms with Gasteiger partial charge >= 0.3 is 5.97 Å². The van der Waals surface area contributed by atoms with Gasteiger partial charge in [0.2, 0.25) is 0 Å². The molecule has 0 aliphatic carbocycles. The lowest BCUT2D eigenvalue weighted by atomic mass is 10.2. The molecule has 38 heavy (non-hydrogen) atoms. The van der Waals surface area contributed by atoms with Gasteiger partial charge in [-0.15, -0.1) is 10.2 Å². The van der Waals surface area contributed by atoms with Gasteiger partial charge < -0.3 is 23.9 Å². The maximum Gasteiger partial charge on any atom is 0.342 e. The van der Waals surface area contributed by atoms with Gasteiger partial charge in [0.25, 0.3) is 0 Å². The Morgan fingerprint density at radius 3 is 2.39 bits per heavy atom. The van der Waals surface area contributed by atoms with E-state index in [-0.39, 0.29) is 4.91 Å². The second-order valence-electron chi connectivity index (χ2n) is 8.02. The van der Waals surface area contributed by atoms with Crippen LogP contribution in [0.2, 0.25) is 5.02 Å². The molecule has 196 valence electrons. The third-order valence-electron chi connectivity index (χ3n) is 5.56. The molecule has 0 aliphatic heterocycles. The van der Waals surface area contributed by atoms with Crippen molar-refractivity contribution in [1.82, 2.24) is 14.8 Å². The number of hydrogen-bond acceptors (Lipinski definition) is 7. The van der Waals surface area contributed by atoms with E-state index in [0.29, 0.717) is 52.0 Å². The second-order valence-corrected chi connectivity index (χ2v) is 9.44. The summed E-state index contributed by atoms with van der Waals surface area (Å²) in [6.07, 6.45) is 1.58. The number of nitrogens with zero attached hydrogens (tertiary/aromatic N) is 3. The van der Waals surface area contributed by atoms with E-state index >= 15 is 0 Å². The van der Waals surface area contributed by atoms with E-state index in [1.165, 1.54) is 0 Å². The van der Waals surface area contributed by atoms with Crippen molar-refractivity contribution >= 4 is 35.4 Å². The molecule has 0 saturated carbocycles. The number of aromatic nitrogens is 3. The highest BCUT2D eigenvalue weighted by Gasteiger charge is 2.19. The lowest BCUT2D eigenvalue weighted by Crippen LogP contribution is -2.03. The third kappa shape index (κ3) is 6.48. The monoisotopic (exact) mass is 551 g/mol. The Morgan fingerprint density at radius 1 is 1.00 bits per heavy atom. The summed E-state index contributed by atoms with van der Waals surface area (Å²) in [5, 5.41) is 19.6. The van der Waals surface area contributed by atoms with Gasteiger partial charge in [-0.25, -0.2) is 4.79 Å². The topological polar surface area (TPSA) is 95.7 Å². The lowest BCUT2D eigenvalue weighted by Gasteiger charge is -2.11. The standard InChI is InChI=1S/C28H26ClN3O5S/c1-4-32-26(20-14-22(35-2)16-23(15-20)36-3)30-31-28(32)38-25(27(33)34)13-18-8-7-10-21(12-18)37-17-19-9-5-6-11-24(19)29/h5-16H,4,17H2,1-3H3,(H,33,34)/b25-13-. The largest absolute Gasteiger partial charge is 0.497 e. The average molecular weight is 552 g/mol. The van der Waals surface area contributed by atoms with E-state index in [4.69, 9.17) is 25.8 Å². The first kappa shape index (κ1) is 27.1. The minimum absolute atomic E-state index is 0.0881. The number of ether oxygens (including phenoxy) is 3. The van der Waals surface area contributed by atoms with Crippen LogP contribution in [0.3, 0.4) is 0 Å². The van der Waals surface area contributed by atoms with Crippen LogP contribution in [0.15, 0.2) is 76.8 Å². The highest BCUT2D eigenvalue weighted by molar-refractivity contribution is 8.04. The molecule has 0 unspecified atom stereocenters. The van der Waals surface area contributed by atoms with Gasteiger partial charge in [-0.1, -0.05) is 41.9 Å². The molecule has 1 heterocycles. The number of aliphatic carboxylic acids is 1. The molecule has 0 amide bonds. The zero-order chi connectivity index (χ0) is 27.1. The van der Waals surface area contributed by atoms with Crippen LogP contribution in [0.5, 0.6) is 17.2 Å². The van der Waals surface area contributed by atoms with Gasteiger partial charge in [0.15, 0.2) is 11.0 Å². The summed E-state index contributed by atoms with van der Waals surface area (Å²) in [6, 6.07) is 20.1. The first-order chi connectivity index (χ1) is 18.4. The van der Waals surface area contributed by atoms with Crippen LogP contribution in [0.4, 0.5) is 0 Å². The Labute approximate surface area is 229 Å². The molecule has 4 aromatic rings. The van der Waals surface area contributed by atoms with Gasteiger partial charge in [0.1, 0.15) is 28.8 Å². The average Bonchev–Trinajstić information content (AvgIpc) is 3.34. The maximum absolute atomic E-state index is 12.2. The van der Waals surface area contributed by atoms with E-state index < -0.39 is 5.97 Å². The van der Waals surface area contributed by atoms with Crippen molar-refractivity contribution < 1.29 is 24.1 Å². The molecule has 0 saturated heterocycles. The van der Waals surface area contributed by atoms with Crippen LogP contribution in [0.1, 0.15) is 18.1 Å². The molecule has 0 atom stereocenters. The predicted octanol–water partition coefficient (Wildman–Crippen LogP) is 6.43. The zero-order valence-electron chi connectivity index (χ0n) is 21.1. The van der Waals surface area contributed by atoms with Crippen LogP contribution in [0, 0.1) is 0 Å². The molecule has 0 aliphatic rings. The molecule has 1 aromatic heterocycles.